The highest BCUT2D eigenvalue weighted by molar-refractivity contribution is 6.07. The van der Waals surface area contributed by atoms with E-state index in [9.17, 15) is 4.79 Å². The zero-order valence-corrected chi connectivity index (χ0v) is 8.41. The Kier molecular flexibility index (Phi) is 2.93. The molecule has 0 aliphatic carbocycles. The summed E-state index contributed by atoms with van der Waals surface area (Å²) in [6.07, 6.45) is 1.91. The first-order valence-electron chi connectivity index (χ1n) is 4.32. The molecule has 0 bridgehead atoms. The molecule has 13 heavy (non-hydrogen) atoms. The molecule has 1 saturated heterocycles. The number of carbonyl (C=O) groups is 1. The molecular formula is C8H14ClN3O. The number of amides is 1. The molecule has 0 aromatic rings. The monoisotopic (exact) mass is 203 g/mol. The maximum absolute atomic E-state index is 11.5. The van der Waals surface area contributed by atoms with Gasteiger partial charge in [-0.05, 0) is 26.3 Å². The maximum atomic E-state index is 11.5. The summed E-state index contributed by atoms with van der Waals surface area (Å²) in [4.78, 5) is 15.8. The zero-order valence-electron chi connectivity index (χ0n) is 7.59. The molecule has 2 rings (SSSR count). The van der Waals surface area contributed by atoms with Crippen molar-refractivity contribution in [1.29, 1.82) is 0 Å². The molecule has 0 aromatic heterocycles. The summed E-state index contributed by atoms with van der Waals surface area (Å²) in [7, 11) is 0. The highest BCUT2D eigenvalue weighted by Gasteiger charge is 2.43. The van der Waals surface area contributed by atoms with Gasteiger partial charge >= 0.3 is 0 Å². The van der Waals surface area contributed by atoms with Gasteiger partial charge in [-0.1, -0.05) is 0 Å². The highest BCUT2D eigenvalue weighted by Crippen LogP contribution is 2.24. The SMILES string of the molecule is CC1=NC2(CCCNC2)C(=O)N1.Cl. The van der Waals surface area contributed by atoms with Gasteiger partial charge in [0, 0.05) is 6.54 Å². The fourth-order valence-corrected chi connectivity index (χ4v) is 1.86. The van der Waals surface area contributed by atoms with Gasteiger partial charge in [0.25, 0.3) is 5.91 Å². The van der Waals surface area contributed by atoms with E-state index in [2.05, 4.69) is 15.6 Å². The van der Waals surface area contributed by atoms with E-state index in [1.807, 2.05) is 6.92 Å². The summed E-state index contributed by atoms with van der Waals surface area (Å²) in [6.45, 7) is 3.53. The molecule has 74 valence electrons. The molecule has 4 nitrogen and oxygen atoms in total. The van der Waals surface area contributed by atoms with Crippen LogP contribution in [0, 0.1) is 0 Å². The standard InChI is InChI=1S/C8H13N3O.ClH/c1-6-10-7(12)8(11-6)3-2-4-9-5-8;/h9H,2-5H2,1H3,(H,10,11,12);1H. The van der Waals surface area contributed by atoms with E-state index in [0.717, 1.165) is 25.2 Å². The van der Waals surface area contributed by atoms with Gasteiger partial charge < -0.3 is 10.6 Å². The number of aliphatic imine (C=N–C) groups is 1. The summed E-state index contributed by atoms with van der Waals surface area (Å²) in [6, 6.07) is 0. The summed E-state index contributed by atoms with van der Waals surface area (Å²) >= 11 is 0. The van der Waals surface area contributed by atoms with E-state index in [1.54, 1.807) is 0 Å². The van der Waals surface area contributed by atoms with Crippen LogP contribution in [0.3, 0.4) is 0 Å². The van der Waals surface area contributed by atoms with Gasteiger partial charge in [0.1, 0.15) is 5.84 Å². The molecule has 1 amide bonds. The Balaban J connectivity index is 0.000000845. The van der Waals surface area contributed by atoms with Crippen molar-refractivity contribution in [2.75, 3.05) is 13.1 Å². The normalized spacial score (nSPS) is 32.4. The minimum absolute atomic E-state index is 0. The largest absolute Gasteiger partial charge is 0.314 e. The first-order chi connectivity index (χ1) is 5.73. The van der Waals surface area contributed by atoms with Crippen molar-refractivity contribution in [3.8, 4) is 0 Å². The molecular weight excluding hydrogens is 190 g/mol. The molecule has 5 heteroatoms. The van der Waals surface area contributed by atoms with Crippen molar-refractivity contribution in [3.63, 3.8) is 0 Å². The zero-order chi connectivity index (χ0) is 8.60. The van der Waals surface area contributed by atoms with Crippen molar-refractivity contribution in [2.45, 2.75) is 25.3 Å². The molecule has 0 saturated carbocycles. The Hall–Kier alpha value is -0.610. The van der Waals surface area contributed by atoms with Crippen molar-refractivity contribution in [1.82, 2.24) is 10.6 Å². The minimum atomic E-state index is -0.470. The number of carbonyl (C=O) groups excluding carboxylic acids is 1. The summed E-state index contributed by atoms with van der Waals surface area (Å²) in [5.41, 5.74) is -0.470. The molecule has 0 aromatic carbocycles. The second-order valence-corrected chi connectivity index (χ2v) is 3.46. The van der Waals surface area contributed by atoms with E-state index in [0.29, 0.717) is 6.54 Å². The van der Waals surface area contributed by atoms with Gasteiger partial charge in [0.2, 0.25) is 0 Å². The fourth-order valence-electron chi connectivity index (χ4n) is 1.86. The molecule has 0 radical (unpaired) electrons. The average Bonchev–Trinajstić information content (AvgIpc) is 2.29. The Morgan fingerprint density at radius 2 is 2.31 bits per heavy atom. The quantitative estimate of drug-likeness (QED) is 0.586. The summed E-state index contributed by atoms with van der Waals surface area (Å²) in [5, 5.41) is 5.95. The van der Waals surface area contributed by atoms with Crippen LogP contribution in [0.5, 0.6) is 0 Å². The van der Waals surface area contributed by atoms with Crippen LogP contribution < -0.4 is 10.6 Å². The van der Waals surface area contributed by atoms with Crippen LogP contribution in [0.25, 0.3) is 0 Å². The van der Waals surface area contributed by atoms with Crippen molar-refractivity contribution in [2.24, 2.45) is 4.99 Å². The Bertz CT molecular complexity index is 246. The number of rotatable bonds is 0. The summed E-state index contributed by atoms with van der Waals surface area (Å²) in [5.74, 6) is 0.816. The van der Waals surface area contributed by atoms with Crippen LogP contribution >= 0.6 is 12.4 Å². The number of nitrogens with zero attached hydrogens (tertiary/aromatic N) is 1. The van der Waals surface area contributed by atoms with Crippen LogP contribution in [0.1, 0.15) is 19.8 Å². The predicted octanol–water partition coefficient (Wildman–Crippen LogP) is 0.0786. The highest BCUT2D eigenvalue weighted by atomic mass is 35.5. The third kappa shape index (κ3) is 1.69. The lowest BCUT2D eigenvalue weighted by Gasteiger charge is -2.28. The molecule has 2 heterocycles. The number of nitrogens with one attached hydrogen (secondary N) is 2. The molecule has 1 spiro atoms. The van der Waals surface area contributed by atoms with Crippen LogP contribution in [0.4, 0.5) is 0 Å². The molecule has 2 aliphatic rings. The Morgan fingerprint density at radius 3 is 2.77 bits per heavy atom. The topological polar surface area (TPSA) is 53.5 Å². The van der Waals surface area contributed by atoms with E-state index in [1.165, 1.54) is 0 Å². The predicted molar refractivity (Wildman–Crippen MR) is 53.3 cm³/mol. The minimum Gasteiger partial charge on any atom is -0.314 e. The van der Waals surface area contributed by atoms with Gasteiger partial charge in [0.05, 0.1) is 0 Å². The lowest BCUT2D eigenvalue weighted by atomic mass is 9.91. The Labute approximate surface area is 83.6 Å². The van der Waals surface area contributed by atoms with E-state index < -0.39 is 5.54 Å². The fraction of sp³-hybridized carbons (Fsp3) is 0.750. The third-order valence-corrected chi connectivity index (χ3v) is 2.46. The second kappa shape index (κ2) is 3.64. The van der Waals surface area contributed by atoms with Gasteiger partial charge in [0.15, 0.2) is 5.54 Å². The van der Waals surface area contributed by atoms with Gasteiger partial charge in [-0.2, -0.15) is 0 Å². The van der Waals surface area contributed by atoms with Crippen molar-refractivity contribution >= 4 is 24.1 Å². The van der Waals surface area contributed by atoms with E-state index in [-0.39, 0.29) is 18.3 Å². The van der Waals surface area contributed by atoms with Crippen molar-refractivity contribution in [3.05, 3.63) is 0 Å². The lowest BCUT2D eigenvalue weighted by Crippen LogP contribution is -2.50. The van der Waals surface area contributed by atoms with Crippen molar-refractivity contribution < 1.29 is 4.79 Å². The van der Waals surface area contributed by atoms with Gasteiger partial charge in [-0.3, -0.25) is 9.79 Å². The van der Waals surface area contributed by atoms with Gasteiger partial charge in [-0.25, -0.2) is 0 Å². The molecule has 1 fully saturated rings. The number of piperidine rings is 1. The summed E-state index contributed by atoms with van der Waals surface area (Å²) < 4.78 is 0. The van der Waals surface area contributed by atoms with Crippen LogP contribution in [-0.4, -0.2) is 30.4 Å². The maximum Gasteiger partial charge on any atom is 0.254 e. The second-order valence-electron chi connectivity index (χ2n) is 3.46. The number of hydrogen-bond donors (Lipinski definition) is 2. The van der Waals surface area contributed by atoms with E-state index in [4.69, 9.17) is 0 Å². The molecule has 2 N–H and O–H groups in total. The van der Waals surface area contributed by atoms with Crippen LogP contribution in [0.15, 0.2) is 4.99 Å². The average molecular weight is 204 g/mol. The third-order valence-electron chi connectivity index (χ3n) is 2.46. The number of halogens is 1. The first-order valence-corrected chi connectivity index (χ1v) is 4.32. The number of amidine groups is 1. The van der Waals surface area contributed by atoms with E-state index >= 15 is 0 Å². The number of hydrogen-bond acceptors (Lipinski definition) is 3. The van der Waals surface area contributed by atoms with Crippen LogP contribution in [-0.2, 0) is 4.79 Å². The molecule has 1 unspecified atom stereocenters. The van der Waals surface area contributed by atoms with Gasteiger partial charge in [-0.15, -0.1) is 12.4 Å². The lowest BCUT2D eigenvalue weighted by molar-refractivity contribution is -0.124. The molecule has 2 aliphatic heterocycles. The first kappa shape index (κ1) is 10.5. The van der Waals surface area contributed by atoms with Crippen LogP contribution in [0.2, 0.25) is 0 Å². The molecule has 1 atom stereocenters. The smallest absolute Gasteiger partial charge is 0.254 e. The Morgan fingerprint density at radius 1 is 1.54 bits per heavy atom.